The molecule has 1 aromatic rings. The molecule has 0 spiro atoms. The van der Waals surface area contributed by atoms with Crippen molar-refractivity contribution in [1.29, 1.82) is 0 Å². The van der Waals surface area contributed by atoms with Crippen LogP contribution >= 0.6 is 11.3 Å². The number of nitrogens with zero attached hydrogens (tertiary/aromatic N) is 1. The van der Waals surface area contributed by atoms with Gasteiger partial charge in [-0.1, -0.05) is 27.7 Å². The van der Waals surface area contributed by atoms with E-state index in [1.165, 1.54) is 18.4 Å². The maximum Gasteiger partial charge on any atom is 0.407 e. The molecule has 9 nitrogen and oxygen atoms in total. The van der Waals surface area contributed by atoms with Gasteiger partial charge in [0.1, 0.15) is 11.0 Å². The van der Waals surface area contributed by atoms with Crippen LogP contribution in [-0.4, -0.2) is 63.3 Å². The largest absolute Gasteiger partial charge is 0.465 e. The van der Waals surface area contributed by atoms with Crippen molar-refractivity contribution >= 4 is 35.0 Å². The van der Waals surface area contributed by atoms with Crippen molar-refractivity contribution in [2.24, 2.45) is 17.8 Å². The molecule has 4 atom stereocenters. The highest BCUT2D eigenvalue weighted by molar-refractivity contribution is 7.14. The Morgan fingerprint density at radius 2 is 1.87 bits per heavy atom. The maximum atomic E-state index is 14.0. The molecule has 1 aromatic heterocycles. The van der Waals surface area contributed by atoms with E-state index in [-0.39, 0.29) is 41.6 Å². The Balaban J connectivity index is 1.48. The van der Waals surface area contributed by atoms with E-state index in [4.69, 9.17) is 18.9 Å². The molecule has 3 fully saturated rings. The predicted octanol–water partition coefficient (Wildman–Crippen LogP) is 5.26. The van der Waals surface area contributed by atoms with E-state index in [2.05, 4.69) is 33.0 Å². The zero-order valence-electron chi connectivity index (χ0n) is 24.1. The molecule has 0 aromatic carbocycles. The Morgan fingerprint density at radius 1 is 1.15 bits per heavy atom. The van der Waals surface area contributed by atoms with Crippen molar-refractivity contribution in [2.45, 2.75) is 97.0 Å². The number of amides is 2. The first-order chi connectivity index (χ1) is 18.5. The Labute approximate surface area is 235 Å². The molecule has 2 amide bonds. The van der Waals surface area contributed by atoms with Crippen LogP contribution in [0.3, 0.4) is 0 Å². The molecule has 0 bridgehead atoms. The van der Waals surface area contributed by atoms with Gasteiger partial charge in [-0.15, -0.1) is 11.3 Å². The summed E-state index contributed by atoms with van der Waals surface area (Å²) >= 11 is 1.38. The Kier molecular flexibility index (Phi) is 9.60. The van der Waals surface area contributed by atoms with Gasteiger partial charge in [0, 0.05) is 23.4 Å². The lowest BCUT2D eigenvalue weighted by molar-refractivity contribution is -0.124. The number of esters is 1. The first-order valence-electron chi connectivity index (χ1n) is 14.2. The third kappa shape index (κ3) is 6.95. The second-order valence-corrected chi connectivity index (χ2v) is 13.3. The number of thiophene rings is 1. The number of rotatable bonds is 8. The molecular formula is C29H44N2O7S. The number of carbonyl (C=O) groups excluding carboxylic acids is 3. The van der Waals surface area contributed by atoms with Crippen LogP contribution in [0.15, 0.2) is 6.07 Å². The van der Waals surface area contributed by atoms with E-state index in [0.29, 0.717) is 42.7 Å². The van der Waals surface area contributed by atoms with Crippen LogP contribution in [0, 0.1) is 17.8 Å². The molecule has 4 rings (SSSR count). The fourth-order valence-electron chi connectivity index (χ4n) is 5.68. The van der Waals surface area contributed by atoms with E-state index in [1.807, 2.05) is 13.0 Å². The molecule has 1 aliphatic carbocycles. The van der Waals surface area contributed by atoms with E-state index in [9.17, 15) is 14.4 Å². The average Bonchev–Trinajstić information content (AvgIpc) is 3.61. The first-order valence-corrected chi connectivity index (χ1v) is 15.0. The van der Waals surface area contributed by atoms with Gasteiger partial charge in [0.15, 0.2) is 6.29 Å². The predicted molar refractivity (Wildman–Crippen MR) is 149 cm³/mol. The van der Waals surface area contributed by atoms with E-state index >= 15 is 0 Å². The highest BCUT2D eigenvalue weighted by Gasteiger charge is 2.44. The van der Waals surface area contributed by atoms with Gasteiger partial charge < -0.3 is 29.2 Å². The van der Waals surface area contributed by atoms with Gasteiger partial charge in [0.05, 0.1) is 31.9 Å². The van der Waals surface area contributed by atoms with Gasteiger partial charge in [0.2, 0.25) is 5.91 Å². The number of ether oxygens (including phenoxy) is 4. The van der Waals surface area contributed by atoms with Crippen LogP contribution < -0.4 is 10.2 Å². The summed E-state index contributed by atoms with van der Waals surface area (Å²) in [6.07, 6.45) is 3.94. The van der Waals surface area contributed by atoms with Crippen LogP contribution in [0.5, 0.6) is 0 Å². The van der Waals surface area contributed by atoms with Crippen LogP contribution in [-0.2, 0) is 29.2 Å². The Bertz CT molecular complexity index is 1030. The minimum atomic E-state index is -0.497. The van der Waals surface area contributed by atoms with Crippen LogP contribution in [0.25, 0.3) is 0 Å². The van der Waals surface area contributed by atoms with Crippen LogP contribution in [0.4, 0.5) is 10.5 Å². The highest BCUT2D eigenvalue weighted by Crippen LogP contribution is 2.40. The lowest BCUT2D eigenvalue weighted by Gasteiger charge is -2.35. The zero-order valence-corrected chi connectivity index (χ0v) is 24.9. The fraction of sp³-hybridized carbons (Fsp3) is 0.759. The lowest BCUT2D eigenvalue weighted by Crippen LogP contribution is -2.45. The molecule has 218 valence electrons. The molecule has 39 heavy (non-hydrogen) atoms. The summed E-state index contributed by atoms with van der Waals surface area (Å²) in [5, 5.41) is 2.84. The topological polar surface area (TPSA) is 103 Å². The molecule has 1 saturated carbocycles. The lowest BCUT2D eigenvalue weighted by atomic mass is 9.82. The Morgan fingerprint density at radius 3 is 2.54 bits per heavy atom. The second-order valence-electron chi connectivity index (χ2n) is 12.3. The van der Waals surface area contributed by atoms with Gasteiger partial charge in [-0.05, 0) is 62.8 Å². The van der Waals surface area contributed by atoms with Crippen molar-refractivity contribution in [3.8, 4) is 0 Å². The molecule has 0 unspecified atom stereocenters. The fourth-order valence-corrected chi connectivity index (χ4v) is 6.81. The third-order valence-electron chi connectivity index (χ3n) is 8.20. The van der Waals surface area contributed by atoms with Crippen molar-refractivity contribution in [1.82, 2.24) is 5.32 Å². The summed E-state index contributed by atoms with van der Waals surface area (Å²) in [6, 6.07) is 1.71. The van der Waals surface area contributed by atoms with Crippen LogP contribution in [0.2, 0.25) is 0 Å². The zero-order chi connectivity index (χ0) is 28.3. The third-order valence-corrected chi connectivity index (χ3v) is 9.73. The standard InChI is InChI=1S/C29H44N2O7S/c1-17-7-9-19(10-8-17)25(32)31(21-15-23(29(3,4)5)39-24(21)26(33)35-6)18(2)11-13-30-28(34)38-22-16-37-27-20(22)12-14-36-27/h15,17-20,22,27H,7-14,16H2,1-6H3,(H,30,34)/t17?,18-,19?,20-,22-,27+/m0/s1. The number of carbonyl (C=O) groups is 3. The van der Waals surface area contributed by atoms with Crippen LogP contribution in [0.1, 0.15) is 87.7 Å². The van der Waals surface area contributed by atoms with Gasteiger partial charge >= 0.3 is 12.1 Å². The Hall–Kier alpha value is -2.17. The van der Waals surface area contributed by atoms with Crippen molar-refractivity contribution in [2.75, 3.05) is 31.8 Å². The number of fused-ring (bicyclic) bond motifs is 1. The summed E-state index contributed by atoms with van der Waals surface area (Å²) in [6.45, 7) is 11.8. The number of hydrogen-bond donors (Lipinski definition) is 1. The molecule has 3 heterocycles. The van der Waals surface area contributed by atoms with Gasteiger partial charge in [-0.3, -0.25) is 4.79 Å². The van der Waals surface area contributed by atoms with E-state index in [1.54, 1.807) is 4.90 Å². The number of hydrogen-bond acceptors (Lipinski definition) is 8. The quantitative estimate of drug-likeness (QED) is 0.430. The minimum Gasteiger partial charge on any atom is -0.465 e. The molecule has 3 aliphatic rings. The van der Waals surface area contributed by atoms with Crippen molar-refractivity contribution < 1.29 is 33.3 Å². The molecule has 0 radical (unpaired) electrons. The number of alkyl carbamates (subject to hydrolysis) is 1. The van der Waals surface area contributed by atoms with Gasteiger partial charge in [0.25, 0.3) is 0 Å². The molecule has 10 heteroatoms. The van der Waals surface area contributed by atoms with Crippen molar-refractivity contribution in [3.63, 3.8) is 0 Å². The minimum absolute atomic E-state index is 0.0377. The van der Waals surface area contributed by atoms with Gasteiger partial charge in [-0.2, -0.15) is 0 Å². The van der Waals surface area contributed by atoms with E-state index < -0.39 is 12.1 Å². The summed E-state index contributed by atoms with van der Waals surface area (Å²) < 4.78 is 21.8. The maximum absolute atomic E-state index is 14.0. The monoisotopic (exact) mass is 564 g/mol. The molecule has 1 N–H and O–H groups in total. The highest BCUT2D eigenvalue weighted by atomic mass is 32.1. The SMILES string of the molecule is COC(=O)c1sc(C(C)(C)C)cc1N(C(=O)C1CCC(C)CC1)[C@@H](C)CCNC(=O)O[C@H]1CO[C@H]2OCC[C@H]21. The molecular weight excluding hydrogens is 520 g/mol. The van der Waals surface area contributed by atoms with Gasteiger partial charge in [-0.25, -0.2) is 9.59 Å². The summed E-state index contributed by atoms with van der Waals surface area (Å²) in [5.41, 5.74) is 0.411. The second kappa shape index (κ2) is 12.6. The molecule has 2 aliphatic heterocycles. The normalized spacial score (nSPS) is 27.5. The summed E-state index contributed by atoms with van der Waals surface area (Å²) in [4.78, 5) is 42.7. The first kappa shape index (κ1) is 29.8. The number of methoxy groups -OCH3 is 1. The van der Waals surface area contributed by atoms with Crippen molar-refractivity contribution in [3.05, 3.63) is 15.8 Å². The van der Waals surface area contributed by atoms with E-state index in [0.717, 1.165) is 37.0 Å². The molecule has 2 saturated heterocycles. The number of nitrogens with one attached hydrogen (secondary N) is 1. The summed E-state index contributed by atoms with van der Waals surface area (Å²) in [7, 11) is 1.37. The number of anilines is 1. The average molecular weight is 565 g/mol. The smallest absolute Gasteiger partial charge is 0.407 e. The summed E-state index contributed by atoms with van der Waals surface area (Å²) in [5.74, 6) is 0.200.